The van der Waals surface area contributed by atoms with Crippen LogP contribution in [0.1, 0.15) is 18.9 Å². The summed E-state index contributed by atoms with van der Waals surface area (Å²) in [5.74, 6) is 0.687. The normalized spacial score (nSPS) is 25.3. The van der Waals surface area contributed by atoms with Crippen LogP contribution in [0.5, 0.6) is 5.75 Å². The summed E-state index contributed by atoms with van der Waals surface area (Å²) in [6.45, 7) is 2.34. The molecule has 23 heavy (non-hydrogen) atoms. The summed E-state index contributed by atoms with van der Waals surface area (Å²) in [7, 11) is 1.59. The van der Waals surface area contributed by atoms with E-state index in [2.05, 4.69) is 4.98 Å². The monoisotopic (exact) mass is 319 g/mol. The molecule has 1 saturated heterocycles. The van der Waals surface area contributed by atoms with Crippen LogP contribution in [-0.4, -0.2) is 47.4 Å². The van der Waals surface area contributed by atoms with E-state index in [-0.39, 0.29) is 6.54 Å². The second-order valence-corrected chi connectivity index (χ2v) is 6.18. The number of benzene rings is 1. The second kappa shape index (κ2) is 6.03. The molecule has 3 atom stereocenters. The topological polar surface area (TPSA) is 71.6 Å². The zero-order chi connectivity index (χ0) is 16.6. The summed E-state index contributed by atoms with van der Waals surface area (Å²) in [4.78, 5) is 6.06. The number of likely N-dealkylation sites (tertiary alicyclic amines) is 1. The number of piperidine rings is 1. The van der Waals surface area contributed by atoms with Gasteiger partial charge in [-0.05, 0) is 37.6 Å². The second-order valence-electron chi connectivity index (χ2n) is 6.18. The van der Waals surface area contributed by atoms with Gasteiger partial charge in [-0.2, -0.15) is 0 Å². The lowest BCUT2D eigenvalue weighted by atomic mass is 9.94. The van der Waals surface area contributed by atoms with E-state index < -0.39 is 17.9 Å². The number of alkyl halides is 1. The van der Waals surface area contributed by atoms with E-state index in [1.54, 1.807) is 31.2 Å². The van der Waals surface area contributed by atoms with Gasteiger partial charge >= 0.3 is 0 Å². The van der Waals surface area contributed by atoms with E-state index in [1.165, 1.54) is 0 Å². The summed E-state index contributed by atoms with van der Waals surface area (Å²) < 4.78 is 19.3. The molecule has 5 nitrogen and oxygen atoms in total. The molecule has 0 spiro atoms. The molecule has 0 amide bonds. The van der Waals surface area contributed by atoms with Crippen molar-refractivity contribution in [1.29, 1.82) is 0 Å². The van der Waals surface area contributed by atoms with Gasteiger partial charge in [-0.3, -0.25) is 9.88 Å². The molecule has 0 saturated carbocycles. The van der Waals surface area contributed by atoms with Crippen LogP contribution in [0.2, 0.25) is 0 Å². The van der Waals surface area contributed by atoms with Gasteiger partial charge in [0, 0.05) is 36.3 Å². The Kier molecular flexibility index (Phi) is 4.23. The van der Waals surface area contributed by atoms with Crippen molar-refractivity contribution in [2.24, 2.45) is 5.73 Å². The van der Waals surface area contributed by atoms with Gasteiger partial charge in [0.05, 0.1) is 12.6 Å². The molecule has 2 heterocycles. The smallest absolute Gasteiger partial charge is 0.142 e. The van der Waals surface area contributed by atoms with Gasteiger partial charge in [-0.15, -0.1) is 0 Å². The molecule has 1 aliphatic rings. The maximum Gasteiger partial charge on any atom is 0.142 e. The third-order valence-corrected chi connectivity index (χ3v) is 4.67. The first kappa shape index (κ1) is 16.1. The van der Waals surface area contributed by atoms with Crippen molar-refractivity contribution in [3.8, 4) is 5.75 Å². The Morgan fingerprint density at radius 2 is 2.22 bits per heavy atom. The van der Waals surface area contributed by atoms with Gasteiger partial charge in [0.15, 0.2) is 0 Å². The first-order chi connectivity index (χ1) is 10.9. The number of halogens is 1. The molecular weight excluding hydrogens is 297 g/mol. The molecule has 1 aromatic carbocycles. The molecule has 0 radical (unpaired) electrons. The molecule has 2 aromatic rings. The number of hydrogen-bond donors (Lipinski definition) is 2. The van der Waals surface area contributed by atoms with Crippen molar-refractivity contribution >= 4 is 10.9 Å². The molecule has 0 bridgehead atoms. The Morgan fingerprint density at radius 1 is 1.43 bits per heavy atom. The lowest BCUT2D eigenvalue weighted by molar-refractivity contribution is -0.121. The summed E-state index contributed by atoms with van der Waals surface area (Å²) >= 11 is 0. The number of aromatic nitrogens is 1. The van der Waals surface area contributed by atoms with Gasteiger partial charge in [-0.1, -0.05) is 0 Å². The minimum Gasteiger partial charge on any atom is -0.497 e. The van der Waals surface area contributed by atoms with Crippen LogP contribution in [0.3, 0.4) is 0 Å². The SMILES string of the molecule is COc1ccc2nccc(C(C)(O)N3CCC(N)C(F)C3)c2c1. The fourth-order valence-electron chi connectivity index (χ4n) is 3.15. The first-order valence-corrected chi connectivity index (χ1v) is 7.74. The summed E-state index contributed by atoms with van der Waals surface area (Å²) in [5, 5.41) is 11.9. The van der Waals surface area contributed by atoms with Crippen LogP contribution >= 0.6 is 0 Å². The van der Waals surface area contributed by atoms with Crippen LogP contribution in [0, 0.1) is 0 Å². The van der Waals surface area contributed by atoms with Crippen LogP contribution in [0.15, 0.2) is 30.5 Å². The van der Waals surface area contributed by atoms with Crippen molar-refractivity contribution in [2.45, 2.75) is 31.3 Å². The Balaban J connectivity index is 2.03. The van der Waals surface area contributed by atoms with Crippen molar-refractivity contribution in [3.05, 3.63) is 36.0 Å². The highest BCUT2D eigenvalue weighted by atomic mass is 19.1. The van der Waals surface area contributed by atoms with E-state index in [0.29, 0.717) is 24.3 Å². The lowest BCUT2D eigenvalue weighted by Gasteiger charge is -2.42. The van der Waals surface area contributed by atoms with Crippen LogP contribution in [-0.2, 0) is 5.72 Å². The van der Waals surface area contributed by atoms with E-state index in [4.69, 9.17) is 10.5 Å². The number of aliphatic hydroxyl groups is 1. The van der Waals surface area contributed by atoms with Crippen LogP contribution in [0.25, 0.3) is 10.9 Å². The molecule has 3 unspecified atom stereocenters. The minimum atomic E-state index is -1.31. The average Bonchev–Trinajstić information content (AvgIpc) is 2.56. The zero-order valence-electron chi connectivity index (χ0n) is 13.4. The average molecular weight is 319 g/mol. The standard InChI is InChI=1S/C17H22FN3O2/c1-17(22,21-8-6-15(19)14(18)10-21)13-5-7-20-16-4-3-11(23-2)9-12(13)16/h3-5,7,9,14-15,22H,6,8,10,19H2,1-2H3. The number of methoxy groups -OCH3 is 1. The zero-order valence-corrected chi connectivity index (χ0v) is 13.4. The predicted octanol–water partition coefficient (Wildman–Crippen LogP) is 1.78. The van der Waals surface area contributed by atoms with Gasteiger partial charge < -0.3 is 15.6 Å². The number of rotatable bonds is 3. The van der Waals surface area contributed by atoms with Gasteiger partial charge in [-0.25, -0.2) is 4.39 Å². The Labute approximate surface area is 134 Å². The third kappa shape index (κ3) is 2.89. The number of hydrogen-bond acceptors (Lipinski definition) is 5. The maximum absolute atomic E-state index is 14.0. The maximum atomic E-state index is 14.0. The van der Waals surface area contributed by atoms with Crippen LogP contribution < -0.4 is 10.5 Å². The van der Waals surface area contributed by atoms with E-state index >= 15 is 0 Å². The summed E-state index contributed by atoms with van der Waals surface area (Å²) in [5.41, 5.74) is 5.88. The van der Waals surface area contributed by atoms with Gasteiger partial charge in [0.2, 0.25) is 0 Å². The molecule has 1 fully saturated rings. The fraction of sp³-hybridized carbons (Fsp3) is 0.471. The molecule has 1 aliphatic heterocycles. The molecular formula is C17H22FN3O2. The number of ether oxygens (including phenoxy) is 1. The van der Waals surface area contributed by atoms with Crippen molar-refractivity contribution < 1.29 is 14.2 Å². The number of nitrogens with zero attached hydrogens (tertiary/aromatic N) is 2. The molecule has 0 aliphatic carbocycles. The largest absolute Gasteiger partial charge is 0.497 e. The van der Waals surface area contributed by atoms with Crippen molar-refractivity contribution in [2.75, 3.05) is 20.2 Å². The number of fused-ring (bicyclic) bond motifs is 1. The van der Waals surface area contributed by atoms with Crippen molar-refractivity contribution in [3.63, 3.8) is 0 Å². The molecule has 3 N–H and O–H groups in total. The fourth-order valence-corrected chi connectivity index (χ4v) is 3.15. The van der Waals surface area contributed by atoms with Crippen molar-refractivity contribution in [1.82, 2.24) is 9.88 Å². The predicted molar refractivity (Wildman–Crippen MR) is 86.9 cm³/mol. The molecule has 3 rings (SSSR count). The summed E-state index contributed by atoms with van der Waals surface area (Å²) in [6, 6.07) is 6.82. The quantitative estimate of drug-likeness (QED) is 0.902. The van der Waals surface area contributed by atoms with Gasteiger partial charge in [0.1, 0.15) is 17.6 Å². The van der Waals surface area contributed by atoms with Gasteiger partial charge in [0.25, 0.3) is 0 Å². The van der Waals surface area contributed by atoms with E-state index in [9.17, 15) is 9.50 Å². The number of nitrogens with two attached hydrogens (primary N) is 1. The lowest BCUT2D eigenvalue weighted by Crippen LogP contribution is -2.55. The van der Waals surface area contributed by atoms with Crippen LogP contribution in [0.4, 0.5) is 4.39 Å². The Bertz CT molecular complexity index is 707. The highest BCUT2D eigenvalue weighted by molar-refractivity contribution is 5.84. The van der Waals surface area contributed by atoms with E-state index in [1.807, 2.05) is 18.2 Å². The number of pyridine rings is 1. The highest BCUT2D eigenvalue weighted by Gasteiger charge is 2.38. The first-order valence-electron chi connectivity index (χ1n) is 7.74. The van der Waals surface area contributed by atoms with E-state index in [0.717, 1.165) is 10.9 Å². The molecule has 1 aromatic heterocycles. The Hall–Kier alpha value is -1.76. The summed E-state index contributed by atoms with van der Waals surface area (Å²) in [6.07, 6.45) is 1.03. The minimum absolute atomic E-state index is 0.113. The highest BCUT2D eigenvalue weighted by Crippen LogP contribution is 2.34. The molecule has 6 heteroatoms. The molecule has 124 valence electrons. The third-order valence-electron chi connectivity index (χ3n) is 4.67. The Morgan fingerprint density at radius 3 is 2.91 bits per heavy atom.